The fourth-order valence-electron chi connectivity index (χ4n) is 1.43. The van der Waals surface area contributed by atoms with Crippen molar-refractivity contribution in [3.8, 4) is 6.07 Å². The van der Waals surface area contributed by atoms with Gasteiger partial charge in [0.2, 0.25) is 0 Å². The lowest BCUT2D eigenvalue weighted by Crippen LogP contribution is -1.87. The lowest BCUT2D eigenvalue weighted by molar-refractivity contribution is 0.623. The second kappa shape index (κ2) is 5.38. The number of aromatic nitrogens is 1. The average Bonchev–Trinajstić information content (AvgIpc) is 2.67. The van der Waals surface area contributed by atoms with Crippen molar-refractivity contribution in [2.24, 2.45) is 0 Å². The van der Waals surface area contributed by atoms with Crippen molar-refractivity contribution in [3.63, 3.8) is 0 Å². The van der Waals surface area contributed by atoms with E-state index < -0.39 is 5.82 Å². The average molecular weight is 279 g/mol. The number of aryl methyl sites for hydroxylation is 1. The molecule has 2 N–H and O–H groups in total. The predicted octanol–water partition coefficient (Wildman–Crippen LogP) is 3.34. The molecular weight excluding hydrogens is 269 g/mol. The number of hydrogen-bond donors (Lipinski definition) is 1. The summed E-state index contributed by atoms with van der Waals surface area (Å²) in [6.07, 6.45) is 0. The first kappa shape index (κ1) is 12.9. The SMILES string of the molecule is Cc1nc(N)sc1SCc1ccc(F)c(C#N)c1. The Labute approximate surface area is 112 Å². The first-order valence-corrected chi connectivity index (χ1v) is 6.94. The predicted molar refractivity (Wildman–Crippen MR) is 71.9 cm³/mol. The molecule has 0 bridgehead atoms. The van der Waals surface area contributed by atoms with Crippen molar-refractivity contribution >= 4 is 28.2 Å². The van der Waals surface area contributed by atoms with E-state index >= 15 is 0 Å². The molecule has 2 aromatic rings. The largest absolute Gasteiger partial charge is 0.375 e. The highest BCUT2D eigenvalue weighted by Gasteiger charge is 2.07. The van der Waals surface area contributed by atoms with E-state index in [4.69, 9.17) is 11.0 Å². The maximum absolute atomic E-state index is 13.1. The van der Waals surface area contributed by atoms with E-state index in [0.29, 0.717) is 10.9 Å². The van der Waals surface area contributed by atoms with Crippen molar-refractivity contribution in [1.82, 2.24) is 4.98 Å². The van der Waals surface area contributed by atoms with Crippen molar-refractivity contribution in [1.29, 1.82) is 5.26 Å². The topological polar surface area (TPSA) is 62.7 Å². The van der Waals surface area contributed by atoms with Crippen LogP contribution >= 0.6 is 23.1 Å². The molecule has 0 unspecified atom stereocenters. The number of hydrogen-bond acceptors (Lipinski definition) is 5. The smallest absolute Gasteiger partial charge is 0.181 e. The van der Waals surface area contributed by atoms with Crippen LogP contribution in [0.2, 0.25) is 0 Å². The van der Waals surface area contributed by atoms with Gasteiger partial charge in [-0.2, -0.15) is 5.26 Å². The Kier molecular flexibility index (Phi) is 3.84. The molecule has 0 fully saturated rings. The standard InChI is InChI=1S/C12H10FN3S2/c1-7-11(18-12(15)16-7)17-6-8-2-3-10(13)9(4-8)5-14/h2-4H,6H2,1H3,(H2,15,16). The second-order valence-electron chi connectivity index (χ2n) is 3.64. The normalized spacial score (nSPS) is 10.3. The number of rotatable bonds is 3. The maximum atomic E-state index is 13.1. The number of anilines is 1. The number of nitrogens with zero attached hydrogens (tertiary/aromatic N) is 2. The number of nitriles is 1. The van der Waals surface area contributed by atoms with Gasteiger partial charge in [-0.25, -0.2) is 9.37 Å². The summed E-state index contributed by atoms with van der Waals surface area (Å²) < 4.78 is 14.2. The highest BCUT2D eigenvalue weighted by atomic mass is 32.2. The number of nitrogens with two attached hydrogens (primary N) is 1. The van der Waals surface area contributed by atoms with Crippen LogP contribution < -0.4 is 5.73 Å². The van der Waals surface area contributed by atoms with E-state index in [1.807, 2.05) is 13.0 Å². The van der Waals surface area contributed by atoms with Gasteiger partial charge in [0, 0.05) is 5.75 Å². The monoisotopic (exact) mass is 279 g/mol. The first-order valence-electron chi connectivity index (χ1n) is 5.14. The summed E-state index contributed by atoms with van der Waals surface area (Å²) in [7, 11) is 0. The molecule has 0 saturated carbocycles. The fourth-order valence-corrected chi connectivity index (χ4v) is 3.40. The minimum atomic E-state index is -0.482. The van der Waals surface area contributed by atoms with Crippen LogP contribution in [0.4, 0.5) is 9.52 Å². The molecule has 18 heavy (non-hydrogen) atoms. The third kappa shape index (κ3) is 2.81. The summed E-state index contributed by atoms with van der Waals surface area (Å²) >= 11 is 3.03. The van der Waals surface area contributed by atoms with Crippen LogP contribution in [0.15, 0.2) is 22.4 Å². The minimum Gasteiger partial charge on any atom is -0.375 e. The van der Waals surface area contributed by atoms with Crippen molar-refractivity contribution in [3.05, 3.63) is 40.8 Å². The van der Waals surface area contributed by atoms with Crippen LogP contribution in [0.5, 0.6) is 0 Å². The summed E-state index contributed by atoms with van der Waals surface area (Å²) in [6, 6.07) is 6.41. The zero-order valence-electron chi connectivity index (χ0n) is 9.61. The number of benzene rings is 1. The zero-order chi connectivity index (χ0) is 13.1. The molecule has 92 valence electrons. The second-order valence-corrected chi connectivity index (χ2v) is 5.91. The third-order valence-corrected chi connectivity index (χ3v) is 4.71. The van der Waals surface area contributed by atoms with Crippen molar-refractivity contribution in [2.45, 2.75) is 16.9 Å². The molecule has 0 radical (unpaired) electrons. The fraction of sp³-hybridized carbons (Fsp3) is 0.167. The quantitative estimate of drug-likeness (QED) is 0.875. The third-order valence-electron chi connectivity index (χ3n) is 2.29. The minimum absolute atomic E-state index is 0.0774. The Morgan fingerprint density at radius 3 is 2.94 bits per heavy atom. The molecule has 0 saturated heterocycles. The van der Waals surface area contributed by atoms with E-state index in [2.05, 4.69) is 4.98 Å². The molecule has 1 aromatic heterocycles. The summed E-state index contributed by atoms with van der Waals surface area (Å²) in [4.78, 5) is 4.13. The Morgan fingerprint density at radius 1 is 1.56 bits per heavy atom. The van der Waals surface area contributed by atoms with Gasteiger partial charge in [0.1, 0.15) is 11.9 Å². The van der Waals surface area contributed by atoms with Gasteiger partial charge in [-0.05, 0) is 24.6 Å². The number of nitrogen functional groups attached to an aromatic ring is 1. The van der Waals surface area contributed by atoms with E-state index in [1.54, 1.807) is 23.9 Å². The van der Waals surface area contributed by atoms with Crippen LogP contribution in [-0.4, -0.2) is 4.98 Å². The molecule has 1 aromatic carbocycles. The lowest BCUT2D eigenvalue weighted by Gasteiger charge is -2.01. The molecule has 0 aliphatic heterocycles. The van der Waals surface area contributed by atoms with Crippen molar-refractivity contribution < 1.29 is 4.39 Å². The van der Waals surface area contributed by atoms with E-state index in [9.17, 15) is 4.39 Å². The Bertz CT molecular complexity index is 616. The highest BCUT2D eigenvalue weighted by Crippen LogP contribution is 2.32. The van der Waals surface area contributed by atoms with E-state index in [0.717, 1.165) is 15.5 Å². The van der Waals surface area contributed by atoms with Gasteiger partial charge in [-0.15, -0.1) is 11.8 Å². The molecule has 0 aliphatic rings. The van der Waals surface area contributed by atoms with Gasteiger partial charge in [0.05, 0.1) is 15.5 Å². The Balaban J connectivity index is 2.11. The molecular formula is C12H10FN3S2. The number of thioether (sulfide) groups is 1. The van der Waals surface area contributed by atoms with Gasteiger partial charge < -0.3 is 5.73 Å². The van der Waals surface area contributed by atoms with Gasteiger partial charge in [0.25, 0.3) is 0 Å². The molecule has 1 heterocycles. The molecule has 2 rings (SSSR count). The molecule has 0 amide bonds. The summed E-state index contributed by atoms with van der Waals surface area (Å²) in [5, 5.41) is 9.30. The number of halogens is 1. The number of thiazole rings is 1. The van der Waals surface area contributed by atoms with Crippen LogP contribution in [0.3, 0.4) is 0 Å². The zero-order valence-corrected chi connectivity index (χ0v) is 11.2. The molecule has 6 heteroatoms. The molecule has 0 atom stereocenters. The van der Waals surface area contributed by atoms with Crippen molar-refractivity contribution in [2.75, 3.05) is 5.73 Å². The van der Waals surface area contributed by atoms with Crippen LogP contribution in [-0.2, 0) is 5.75 Å². The Hall–Kier alpha value is -1.58. The summed E-state index contributed by atoms with van der Waals surface area (Å²) in [6.45, 7) is 1.90. The van der Waals surface area contributed by atoms with Crippen LogP contribution in [0, 0.1) is 24.1 Å². The Morgan fingerprint density at radius 2 is 2.33 bits per heavy atom. The van der Waals surface area contributed by atoms with Crippen LogP contribution in [0.1, 0.15) is 16.8 Å². The van der Waals surface area contributed by atoms with Gasteiger partial charge in [0.15, 0.2) is 5.13 Å². The first-order chi connectivity index (χ1) is 8.60. The summed E-state index contributed by atoms with van der Waals surface area (Å²) in [5.74, 6) is 0.182. The molecule has 0 spiro atoms. The van der Waals surface area contributed by atoms with Gasteiger partial charge in [-0.1, -0.05) is 17.4 Å². The molecule has 0 aliphatic carbocycles. The van der Waals surface area contributed by atoms with Gasteiger partial charge in [-0.3, -0.25) is 0 Å². The van der Waals surface area contributed by atoms with Crippen LogP contribution in [0.25, 0.3) is 0 Å². The highest BCUT2D eigenvalue weighted by molar-refractivity contribution is 8.00. The van der Waals surface area contributed by atoms with Gasteiger partial charge >= 0.3 is 0 Å². The van der Waals surface area contributed by atoms with E-state index in [1.165, 1.54) is 17.4 Å². The maximum Gasteiger partial charge on any atom is 0.181 e. The molecule has 3 nitrogen and oxygen atoms in total. The summed E-state index contributed by atoms with van der Waals surface area (Å²) in [5.41, 5.74) is 7.51. The van der Waals surface area contributed by atoms with E-state index in [-0.39, 0.29) is 5.56 Å². The lowest BCUT2D eigenvalue weighted by atomic mass is 10.1.